The molecule has 0 radical (unpaired) electrons. The molecule has 1 aliphatic heterocycles. The van der Waals surface area contributed by atoms with Gasteiger partial charge in [-0.1, -0.05) is 0 Å². The first-order valence-electron chi connectivity index (χ1n) is 3.77. The van der Waals surface area contributed by atoms with Crippen molar-refractivity contribution in [3.8, 4) is 0 Å². The Kier molecular flexibility index (Phi) is 2.46. The van der Waals surface area contributed by atoms with Gasteiger partial charge in [0, 0.05) is 19.6 Å². The summed E-state index contributed by atoms with van der Waals surface area (Å²) in [6.45, 7) is 2.59. The van der Waals surface area contributed by atoms with Crippen LogP contribution in [0.25, 0.3) is 0 Å². The smallest absolute Gasteiger partial charge is 0.241 e. The molecule has 0 aromatic rings. The topological polar surface area (TPSA) is 52.6 Å². The third kappa shape index (κ3) is 1.70. The first-order valence-corrected chi connectivity index (χ1v) is 3.77. The number of rotatable bonds is 1. The number of hydrogen-bond donors (Lipinski definition) is 2. The first-order chi connectivity index (χ1) is 5.15. The first kappa shape index (κ1) is 8.49. The number of nitrogens with one attached hydrogen (secondary N) is 1. The summed E-state index contributed by atoms with van der Waals surface area (Å²) < 4.78 is 0. The third-order valence-electron chi connectivity index (χ3n) is 1.89. The Hall–Kier alpha value is -0.610. The zero-order valence-corrected chi connectivity index (χ0v) is 6.87. The number of piperazine rings is 1. The van der Waals surface area contributed by atoms with Gasteiger partial charge in [0.25, 0.3) is 0 Å². The highest BCUT2D eigenvalue weighted by atomic mass is 16.3. The van der Waals surface area contributed by atoms with E-state index in [2.05, 4.69) is 5.32 Å². The summed E-state index contributed by atoms with van der Waals surface area (Å²) >= 11 is 0. The minimum atomic E-state index is -0.399. The molecule has 2 unspecified atom stereocenters. The molecule has 0 bridgehead atoms. The van der Waals surface area contributed by atoms with Gasteiger partial charge in [0.1, 0.15) is 6.04 Å². The van der Waals surface area contributed by atoms with Crippen molar-refractivity contribution in [3.05, 3.63) is 0 Å². The maximum atomic E-state index is 11.2. The van der Waals surface area contributed by atoms with Crippen LogP contribution in [0.2, 0.25) is 0 Å². The highest BCUT2D eigenvalue weighted by Crippen LogP contribution is 2.02. The van der Waals surface area contributed by atoms with Crippen LogP contribution in [0, 0.1) is 0 Å². The minimum Gasteiger partial charge on any atom is -0.394 e. The second-order valence-electron chi connectivity index (χ2n) is 3.02. The Labute approximate surface area is 66.2 Å². The number of hydrogen-bond acceptors (Lipinski definition) is 3. The Morgan fingerprint density at radius 3 is 3.00 bits per heavy atom. The molecule has 2 atom stereocenters. The van der Waals surface area contributed by atoms with Crippen molar-refractivity contribution in [2.75, 3.05) is 20.2 Å². The highest BCUT2D eigenvalue weighted by Gasteiger charge is 2.28. The fourth-order valence-electron chi connectivity index (χ4n) is 1.37. The highest BCUT2D eigenvalue weighted by molar-refractivity contribution is 5.82. The fraction of sp³-hybridized carbons (Fsp3) is 0.857. The van der Waals surface area contributed by atoms with E-state index in [0.29, 0.717) is 0 Å². The lowest BCUT2D eigenvalue weighted by atomic mass is 10.1. The molecule has 0 aromatic carbocycles. The molecule has 1 heterocycles. The van der Waals surface area contributed by atoms with Gasteiger partial charge in [-0.15, -0.1) is 0 Å². The molecule has 1 rings (SSSR count). The van der Waals surface area contributed by atoms with Crippen LogP contribution in [-0.4, -0.2) is 48.2 Å². The predicted octanol–water partition coefficient (Wildman–Crippen LogP) is -1.20. The summed E-state index contributed by atoms with van der Waals surface area (Å²) in [5, 5.41) is 11.8. The average molecular weight is 158 g/mol. The van der Waals surface area contributed by atoms with Crippen LogP contribution in [0.15, 0.2) is 0 Å². The molecule has 0 aliphatic carbocycles. The Bertz CT molecular complexity index is 161. The second-order valence-corrected chi connectivity index (χ2v) is 3.02. The molecule has 0 saturated carbocycles. The molecule has 4 nitrogen and oxygen atoms in total. The van der Waals surface area contributed by atoms with Gasteiger partial charge < -0.3 is 10.0 Å². The van der Waals surface area contributed by atoms with Crippen molar-refractivity contribution in [1.82, 2.24) is 10.2 Å². The Morgan fingerprint density at radius 2 is 2.45 bits per heavy atom. The zero-order valence-electron chi connectivity index (χ0n) is 6.87. The fourth-order valence-corrected chi connectivity index (χ4v) is 1.37. The molecule has 4 heteroatoms. The van der Waals surface area contributed by atoms with Crippen molar-refractivity contribution in [3.63, 3.8) is 0 Å². The largest absolute Gasteiger partial charge is 0.394 e. The lowest BCUT2D eigenvalue weighted by Crippen LogP contribution is -2.59. The molecule has 2 N–H and O–H groups in total. The van der Waals surface area contributed by atoms with Crippen LogP contribution in [0.3, 0.4) is 0 Å². The summed E-state index contributed by atoms with van der Waals surface area (Å²) in [5.41, 5.74) is 0. The Balaban J connectivity index is 2.59. The normalized spacial score (nSPS) is 32.6. The SMILES string of the molecule is CC1CN(C)C(=O)C(CO)N1. The monoisotopic (exact) mass is 158 g/mol. The average Bonchev–Trinajstić information content (AvgIpc) is 1.96. The van der Waals surface area contributed by atoms with Gasteiger partial charge in [0.15, 0.2) is 0 Å². The zero-order chi connectivity index (χ0) is 8.43. The van der Waals surface area contributed by atoms with Crippen LogP contribution in [0.1, 0.15) is 6.92 Å². The maximum absolute atomic E-state index is 11.2. The summed E-state index contributed by atoms with van der Waals surface area (Å²) in [7, 11) is 1.75. The summed E-state index contributed by atoms with van der Waals surface area (Å²) in [6, 6.07) is -0.126. The second kappa shape index (κ2) is 3.19. The van der Waals surface area contributed by atoms with Gasteiger partial charge in [-0.2, -0.15) is 0 Å². The molecule has 0 spiro atoms. The number of carbonyl (C=O) groups is 1. The molecule has 64 valence electrons. The van der Waals surface area contributed by atoms with Crippen LogP contribution in [-0.2, 0) is 4.79 Å². The molecule has 0 aromatic heterocycles. The van der Waals surface area contributed by atoms with E-state index in [-0.39, 0.29) is 18.6 Å². The van der Waals surface area contributed by atoms with Crippen molar-refractivity contribution in [2.45, 2.75) is 19.0 Å². The number of nitrogens with zero attached hydrogens (tertiary/aromatic N) is 1. The predicted molar refractivity (Wildman–Crippen MR) is 41.1 cm³/mol. The van der Waals surface area contributed by atoms with E-state index < -0.39 is 6.04 Å². The van der Waals surface area contributed by atoms with E-state index in [1.54, 1.807) is 11.9 Å². The van der Waals surface area contributed by atoms with Crippen LogP contribution in [0.5, 0.6) is 0 Å². The lowest BCUT2D eigenvalue weighted by molar-refractivity contribution is -0.136. The van der Waals surface area contributed by atoms with Crippen LogP contribution in [0.4, 0.5) is 0 Å². The standard InChI is InChI=1S/C7H14N2O2/c1-5-3-9(2)7(11)6(4-10)8-5/h5-6,8,10H,3-4H2,1-2H3. The van der Waals surface area contributed by atoms with E-state index in [4.69, 9.17) is 5.11 Å². The maximum Gasteiger partial charge on any atom is 0.241 e. The number of aliphatic hydroxyl groups excluding tert-OH is 1. The number of carbonyl (C=O) groups excluding carboxylic acids is 1. The van der Waals surface area contributed by atoms with Gasteiger partial charge in [-0.3, -0.25) is 10.1 Å². The van der Waals surface area contributed by atoms with E-state index in [1.165, 1.54) is 0 Å². The summed E-state index contributed by atoms with van der Waals surface area (Å²) in [4.78, 5) is 12.8. The van der Waals surface area contributed by atoms with E-state index in [9.17, 15) is 4.79 Å². The molecule has 1 saturated heterocycles. The van der Waals surface area contributed by atoms with Crippen molar-refractivity contribution < 1.29 is 9.90 Å². The van der Waals surface area contributed by atoms with Gasteiger partial charge in [0.2, 0.25) is 5.91 Å². The molecule has 1 fully saturated rings. The van der Waals surface area contributed by atoms with E-state index >= 15 is 0 Å². The van der Waals surface area contributed by atoms with Gasteiger partial charge in [-0.25, -0.2) is 0 Å². The Morgan fingerprint density at radius 1 is 1.82 bits per heavy atom. The number of likely N-dealkylation sites (N-methyl/N-ethyl adjacent to an activating group) is 1. The van der Waals surface area contributed by atoms with Gasteiger partial charge in [-0.05, 0) is 6.92 Å². The number of amides is 1. The van der Waals surface area contributed by atoms with Crippen molar-refractivity contribution in [2.24, 2.45) is 0 Å². The van der Waals surface area contributed by atoms with Crippen LogP contribution < -0.4 is 5.32 Å². The quantitative estimate of drug-likeness (QED) is 0.504. The van der Waals surface area contributed by atoms with E-state index in [1.807, 2.05) is 6.92 Å². The molecule has 1 amide bonds. The van der Waals surface area contributed by atoms with E-state index in [0.717, 1.165) is 6.54 Å². The van der Waals surface area contributed by atoms with Gasteiger partial charge >= 0.3 is 0 Å². The molecule has 1 aliphatic rings. The minimum absolute atomic E-state index is 0.0226. The summed E-state index contributed by atoms with van der Waals surface area (Å²) in [6.07, 6.45) is 0. The molecule has 11 heavy (non-hydrogen) atoms. The van der Waals surface area contributed by atoms with Crippen molar-refractivity contribution in [1.29, 1.82) is 0 Å². The lowest BCUT2D eigenvalue weighted by Gasteiger charge is -2.33. The van der Waals surface area contributed by atoms with Crippen LogP contribution >= 0.6 is 0 Å². The molecular formula is C7H14N2O2. The number of aliphatic hydroxyl groups is 1. The summed E-state index contributed by atoms with van der Waals surface area (Å²) in [5.74, 6) is -0.0226. The molecular weight excluding hydrogens is 144 g/mol. The van der Waals surface area contributed by atoms with Gasteiger partial charge in [0.05, 0.1) is 6.61 Å². The van der Waals surface area contributed by atoms with Crippen molar-refractivity contribution >= 4 is 5.91 Å². The third-order valence-corrected chi connectivity index (χ3v) is 1.89.